The van der Waals surface area contributed by atoms with Crippen molar-refractivity contribution in [2.45, 2.75) is 13.2 Å². The fourth-order valence-electron chi connectivity index (χ4n) is 1.54. The molecule has 20 heavy (non-hydrogen) atoms. The van der Waals surface area contributed by atoms with Crippen LogP contribution in [0.2, 0.25) is 5.02 Å². The van der Waals surface area contributed by atoms with Gasteiger partial charge in [-0.2, -0.15) is 0 Å². The van der Waals surface area contributed by atoms with E-state index in [9.17, 15) is 13.6 Å². The van der Waals surface area contributed by atoms with Crippen molar-refractivity contribution in [2.75, 3.05) is 0 Å². The van der Waals surface area contributed by atoms with Gasteiger partial charge in [0.2, 0.25) is 0 Å². The van der Waals surface area contributed by atoms with E-state index < -0.39 is 18.6 Å². The van der Waals surface area contributed by atoms with E-state index in [1.54, 1.807) is 0 Å². The molecule has 2 aromatic rings. The Kier molecular flexibility index (Phi) is 4.14. The second-order valence-electron chi connectivity index (χ2n) is 3.75. The second kappa shape index (κ2) is 5.83. The maximum Gasteiger partial charge on any atom is 0.405 e. The number of nitrogens with zero attached hydrogens (tertiary/aromatic N) is 3. The van der Waals surface area contributed by atoms with E-state index in [0.717, 1.165) is 10.7 Å². The summed E-state index contributed by atoms with van der Waals surface area (Å²) in [6, 6.07) is 3.88. The Morgan fingerprint density at radius 3 is 2.85 bits per heavy atom. The lowest BCUT2D eigenvalue weighted by molar-refractivity contribution is 0.193. The van der Waals surface area contributed by atoms with Crippen molar-refractivity contribution in [2.24, 2.45) is 0 Å². The molecule has 1 heterocycles. The van der Waals surface area contributed by atoms with Crippen LogP contribution in [0.1, 0.15) is 11.6 Å². The lowest BCUT2D eigenvalue weighted by atomic mass is 10.3. The first-order valence-electron chi connectivity index (χ1n) is 5.44. The molecule has 2 N–H and O–H groups in total. The number of carboxylic acid groups (broad SMARTS) is 1. The summed E-state index contributed by atoms with van der Waals surface area (Å²) in [4.78, 5) is 14.3. The maximum absolute atomic E-state index is 13.4. The SMILES string of the molecule is O=C(O)NCc1nc(CF)nn1-c1ccc(Cl)c(F)c1. The Bertz CT molecular complexity index is 647. The molecule has 0 spiro atoms. The molecule has 2 rings (SSSR count). The molecular formula is C11H9ClF2N4O2. The van der Waals surface area contributed by atoms with E-state index in [-0.39, 0.29) is 28.9 Å². The Balaban J connectivity index is 2.40. The van der Waals surface area contributed by atoms with Crippen LogP contribution < -0.4 is 5.32 Å². The van der Waals surface area contributed by atoms with Crippen LogP contribution in [-0.4, -0.2) is 26.0 Å². The van der Waals surface area contributed by atoms with Crippen molar-refractivity contribution in [3.63, 3.8) is 0 Å². The van der Waals surface area contributed by atoms with Crippen molar-refractivity contribution in [3.05, 3.63) is 40.7 Å². The topological polar surface area (TPSA) is 80.0 Å². The number of nitrogens with one attached hydrogen (secondary N) is 1. The summed E-state index contributed by atoms with van der Waals surface area (Å²) in [6.45, 7) is -1.10. The Hall–Kier alpha value is -2.22. The van der Waals surface area contributed by atoms with Crippen LogP contribution >= 0.6 is 11.6 Å². The van der Waals surface area contributed by atoms with Crippen LogP contribution in [0.5, 0.6) is 0 Å². The third kappa shape index (κ3) is 3.02. The highest BCUT2D eigenvalue weighted by molar-refractivity contribution is 6.30. The largest absolute Gasteiger partial charge is 0.465 e. The van der Waals surface area contributed by atoms with Crippen LogP contribution in [0.25, 0.3) is 5.69 Å². The van der Waals surface area contributed by atoms with Crippen molar-refractivity contribution < 1.29 is 18.7 Å². The summed E-state index contributed by atoms with van der Waals surface area (Å²) in [5.74, 6) is -0.650. The number of amides is 1. The molecule has 106 valence electrons. The van der Waals surface area contributed by atoms with Gasteiger partial charge in [-0.05, 0) is 12.1 Å². The predicted molar refractivity (Wildman–Crippen MR) is 66.0 cm³/mol. The zero-order chi connectivity index (χ0) is 14.7. The number of benzene rings is 1. The third-order valence-electron chi connectivity index (χ3n) is 2.38. The molecular weight excluding hydrogens is 294 g/mol. The zero-order valence-corrected chi connectivity index (χ0v) is 10.7. The molecule has 0 bridgehead atoms. The number of alkyl halides is 1. The first-order chi connectivity index (χ1) is 9.51. The van der Waals surface area contributed by atoms with Gasteiger partial charge in [-0.3, -0.25) is 0 Å². The second-order valence-corrected chi connectivity index (χ2v) is 4.15. The summed E-state index contributed by atoms with van der Waals surface area (Å²) in [5, 5.41) is 14.4. The number of rotatable bonds is 4. The molecule has 9 heteroatoms. The number of carbonyl (C=O) groups is 1. The number of hydrogen-bond acceptors (Lipinski definition) is 3. The minimum absolute atomic E-state index is 0.0650. The minimum Gasteiger partial charge on any atom is -0.465 e. The van der Waals surface area contributed by atoms with E-state index in [2.05, 4.69) is 15.4 Å². The molecule has 0 aliphatic heterocycles. The molecule has 0 unspecified atom stereocenters. The van der Waals surface area contributed by atoms with Gasteiger partial charge in [0.15, 0.2) is 18.3 Å². The first-order valence-corrected chi connectivity index (χ1v) is 5.82. The molecule has 0 saturated heterocycles. The summed E-state index contributed by atoms with van der Waals surface area (Å²) < 4.78 is 27.2. The van der Waals surface area contributed by atoms with Gasteiger partial charge in [0, 0.05) is 6.07 Å². The van der Waals surface area contributed by atoms with Crippen LogP contribution in [0.4, 0.5) is 13.6 Å². The smallest absolute Gasteiger partial charge is 0.405 e. The Morgan fingerprint density at radius 2 is 2.25 bits per heavy atom. The molecule has 1 amide bonds. The van der Waals surface area contributed by atoms with Gasteiger partial charge in [0.05, 0.1) is 17.3 Å². The highest BCUT2D eigenvalue weighted by atomic mass is 35.5. The van der Waals surface area contributed by atoms with Crippen molar-refractivity contribution in [3.8, 4) is 5.69 Å². The average molecular weight is 303 g/mol. The monoisotopic (exact) mass is 302 g/mol. The predicted octanol–water partition coefficient (Wildman–Crippen LogP) is 2.30. The molecule has 0 aliphatic rings. The van der Waals surface area contributed by atoms with Crippen LogP contribution in [-0.2, 0) is 13.2 Å². The lowest BCUT2D eigenvalue weighted by Gasteiger charge is -2.06. The Labute approximate surface area is 117 Å². The van der Waals surface area contributed by atoms with Gasteiger partial charge >= 0.3 is 6.09 Å². The molecule has 0 saturated carbocycles. The zero-order valence-electron chi connectivity index (χ0n) is 9.98. The fourth-order valence-corrected chi connectivity index (χ4v) is 1.66. The number of hydrogen-bond donors (Lipinski definition) is 2. The summed E-state index contributed by atoms with van der Waals surface area (Å²) in [5.41, 5.74) is 0.265. The van der Waals surface area contributed by atoms with E-state index in [4.69, 9.17) is 16.7 Å². The maximum atomic E-state index is 13.4. The molecule has 1 aromatic carbocycles. The third-order valence-corrected chi connectivity index (χ3v) is 2.69. The molecule has 1 aromatic heterocycles. The van der Waals surface area contributed by atoms with Crippen LogP contribution in [0.3, 0.4) is 0 Å². The van der Waals surface area contributed by atoms with Crippen molar-refractivity contribution >= 4 is 17.7 Å². The van der Waals surface area contributed by atoms with Crippen molar-refractivity contribution in [1.29, 1.82) is 0 Å². The van der Waals surface area contributed by atoms with Gasteiger partial charge in [0.25, 0.3) is 0 Å². The molecule has 0 radical (unpaired) electrons. The summed E-state index contributed by atoms with van der Waals surface area (Å²) in [6.07, 6.45) is -1.26. The van der Waals surface area contributed by atoms with Gasteiger partial charge < -0.3 is 10.4 Å². The van der Waals surface area contributed by atoms with E-state index in [1.165, 1.54) is 12.1 Å². The van der Waals surface area contributed by atoms with E-state index >= 15 is 0 Å². The molecule has 0 aliphatic carbocycles. The molecule has 0 fully saturated rings. The van der Waals surface area contributed by atoms with Crippen LogP contribution in [0, 0.1) is 5.82 Å². The normalized spacial score (nSPS) is 10.6. The number of halogens is 3. The minimum atomic E-state index is -1.26. The lowest BCUT2D eigenvalue weighted by Crippen LogP contribution is -2.22. The first kappa shape index (κ1) is 14.2. The van der Waals surface area contributed by atoms with Gasteiger partial charge in [0.1, 0.15) is 5.82 Å². The van der Waals surface area contributed by atoms with E-state index in [1.807, 2.05) is 0 Å². The average Bonchev–Trinajstić information content (AvgIpc) is 2.83. The highest BCUT2D eigenvalue weighted by Gasteiger charge is 2.13. The quantitative estimate of drug-likeness (QED) is 0.908. The van der Waals surface area contributed by atoms with Crippen LogP contribution in [0.15, 0.2) is 18.2 Å². The molecule has 0 atom stereocenters. The number of aromatic nitrogens is 3. The van der Waals surface area contributed by atoms with Gasteiger partial charge in [-0.15, -0.1) is 5.10 Å². The Morgan fingerprint density at radius 1 is 1.50 bits per heavy atom. The molecule has 6 nitrogen and oxygen atoms in total. The fraction of sp³-hybridized carbons (Fsp3) is 0.182. The van der Waals surface area contributed by atoms with Gasteiger partial charge in [-0.1, -0.05) is 11.6 Å². The summed E-state index contributed by atoms with van der Waals surface area (Å²) >= 11 is 5.57. The van der Waals surface area contributed by atoms with E-state index in [0.29, 0.717) is 0 Å². The summed E-state index contributed by atoms with van der Waals surface area (Å²) in [7, 11) is 0. The highest BCUT2D eigenvalue weighted by Crippen LogP contribution is 2.19. The van der Waals surface area contributed by atoms with Crippen molar-refractivity contribution in [1.82, 2.24) is 20.1 Å². The standard InChI is InChI=1S/C11H9ClF2N4O2/c12-7-2-1-6(3-8(7)14)18-10(5-15-11(19)20)16-9(4-13)17-18/h1-3,15H,4-5H2,(H,19,20). The van der Waals surface area contributed by atoms with Gasteiger partial charge in [-0.25, -0.2) is 23.2 Å².